The van der Waals surface area contributed by atoms with Gasteiger partial charge in [0, 0.05) is 65.2 Å². The number of imidazole rings is 2. The number of benzene rings is 3. The molecular formula is C48H48BrF6N11O3. The van der Waals surface area contributed by atoms with Crippen molar-refractivity contribution in [2.75, 3.05) is 36.1 Å². The zero-order chi connectivity index (χ0) is 49.2. The topological polar surface area (TPSA) is 164 Å². The first kappa shape index (κ1) is 48.6. The molecule has 2 saturated carbocycles. The standard InChI is InChI=1S/C28H29F3N6O2.C20H19BrF3N5O/c1-16-4-8-20(39-3)13-22(16)35-25-14-23(32-11-10-28(29,30)31)26-33-15-24(37(26)36-25)18-5-9-21(17(2)12-18)27(38)34-19-6-7-19;1-11-8-12(2-5-14(11)19(30)27-13-3-4-13)16-10-26-18-15(9-17(21)28-29(16)18)25-7-6-20(22,23)24/h4-5,8-9,12-15,19,32H,6-7,10-11H2,1-3H3,(H,34,38)(H,35,36);2,5,8-10,13,25H,3-4,6-7H2,1H3,(H,27,30). The van der Waals surface area contributed by atoms with E-state index in [-0.39, 0.29) is 37.0 Å². The van der Waals surface area contributed by atoms with Gasteiger partial charge in [-0.2, -0.15) is 31.4 Å². The van der Waals surface area contributed by atoms with Crippen molar-refractivity contribution in [1.29, 1.82) is 0 Å². The van der Waals surface area contributed by atoms with E-state index in [1.165, 1.54) is 0 Å². The summed E-state index contributed by atoms with van der Waals surface area (Å²) in [5, 5.41) is 24.0. The molecule has 2 amide bonds. The Morgan fingerprint density at radius 2 is 1.14 bits per heavy atom. The van der Waals surface area contributed by atoms with Gasteiger partial charge in [-0.3, -0.25) is 9.59 Å². The first-order chi connectivity index (χ1) is 32.8. The van der Waals surface area contributed by atoms with Crippen LogP contribution in [0.5, 0.6) is 5.75 Å². The van der Waals surface area contributed by atoms with E-state index in [1.54, 1.807) is 52.8 Å². The number of hydrogen-bond donors (Lipinski definition) is 5. The van der Waals surface area contributed by atoms with Gasteiger partial charge in [0.25, 0.3) is 11.8 Å². The monoisotopic (exact) mass is 1020 g/mol. The van der Waals surface area contributed by atoms with E-state index in [2.05, 4.69) is 57.6 Å². The molecule has 4 aromatic heterocycles. The summed E-state index contributed by atoms with van der Waals surface area (Å²) in [6.07, 6.45) is -3.19. The summed E-state index contributed by atoms with van der Waals surface area (Å²) in [5.74, 6) is 0.868. The van der Waals surface area contributed by atoms with Crippen LogP contribution in [0.3, 0.4) is 0 Å². The highest BCUT2D eigenvalue weighted by atomic mass is 79.9. The molecular weight excluding hydrogens is 972 g/mol. The van der Waals surface area contributed by atoms with Gasteiger partial charge in [-0.05, 0) is 115 Å². The lowest BCUT2D eigenvalue weighted by Gasteiger charge is -2.15. The van der Waals surface area contributed by atoms with Crippen LogP contribution in [0.4, 0.5) is 49.2 Å². The van der Waals surface area contributed by atoms with Crippen molar-refractivity contribution in [1.82, 2.24) is 39.8 Å². The smallest absolute Gasteiger partial charge is 0.390 e. The van der Waals surface area contributed by atoms with E-state index in [0.717, 1.165) is 59.2 Å². The Morgan fingerprint density at radius 3 is 1.61 bits per heavy atom. The Bertz CT molecular complexity index is 3040. The van der Waals surface area contributed by atoms with Crippen molar-refractivity contribution in [2.24, 2.45) is 0 Å². The maximum atomic E-state index is 12.9. The minimum Gasteiger partial charge on any atom is -0.497 e. The molecule has 0 bridgehead atoms. The summed E-state index contributed by atoms with van der Waals surface area (Å²) in [4.78, 5) is 33.7. The Hall–Kier alpha value is -6.90. The fraction of sp³-hybridized carbons (Fsp3) is 0.333. The number of ether oxygens (including phenoxy) is 1. The van der Waals surface area contributed by atoms with Crippen molar-refractivity contribution in [3.63, 3.8) is 0 Å². The first-order valence-electron chi connectivity index (χ1n) is 22.1. The molecule has 4 heterocycles. The molecule has 0 atom stereocenters. The second kappa shape index (κ2) is 20.0. The number of hydrogen-bond acceptors (Lipinski definition) is 10. The highest BCUT2D eigenvalue weighted by Gasteiger charge is 2.29. The number of carbonyl (C=O) groups excluding carboxylic acids is 2. The highest BCUT2D eigenvalue weighted by Crippen LogP contribution is 2.33. The number of nitrogens with zero attached hydrogens (tertiary/aromatic N) is 6. The number of nitrogens with one attached hydrogen (secondary N) is 5. The van der Waals surface area contributed by atoms with Crippen LogP contribution in [-0.4, -0.2) is 85.6 Å². The van der Waals surface area contributed by atoms with Gasteiger partial charge in [0.05, 0.1) is 55.1 Å². The van der Waals surface area contributed by atoms with Crippen LogP contribution in [0.15, 0.2) is 83.7 Å². The molecule has 9 rings (SSSR count). The van der Waals surface area contributed by atoms with E-state index in [0.29, 0.717) is 61.4 Å². The Morgan fingerprint density at radius 1 is 0.652 bits per heavy atom. The third kappa shape index (κ3) is 12.2. The van der Waals surface area contributed by atoms with E-state index in [9.17, 15) is 35.9 Å². The number of carbonyl (C=O) groups is 2. The number of rotatable bonds is 15. The minimum absolute atomic E-state index is 0.0864. The number of anilines is 4. The summed E-state index contributed by atoms with van der Waals surface area (Å²) >= 11 is 3.31. The molecule has 2 fully saturated rings. The van der Waals surface area contributed by atoms with Crippen molar-refractivity contribution in [2.45, 2.75) is 83.7 Å². The van der Waals surface area contributed by atoms with Gasteiger partial charge in [0.2, 0.25) is 0 Å². The molecule has 7 aromatic rings. The van der Waals surface area contributed by atoms with Crippen LogP contribution in [0.1, 0.15) is 75.9 Å². The van der Waals surface area contributed by atoms with E-state index in [4.69, 9.17) is 9.84 Å². The van der Waals surface area contributed by atoms with Crippen LogP contribution in [0.25, 0.3) is 33.8 Å². The summed E-state index contributed by atoms with van der Waals surface area (Å²) in [5.41, 5.74) is 9.03. The van der Waals surface area contributed by atoms with E-state index in [1.807, 2.05) is 63.2 Å². The van der Waals surface area contributed by atoms with Crippen molar-refractivity contribution in [3.05, 3.63) is 112 Å². The summed E-state index contributed by atoms with van der Waals surface area (Å²) in [7, 11) is 1.57. The molecule has 0 spiro atoms. The lowest BCUT2D eigenvalue weighted by atomic mass is 10.0. The minimum atomic E-state index is -4.29. The molecule has 0 radical (unpaired) electrons. The van der Waals surface area contributed by atoms with Gasteiger partial charge in [-0.1, -0.05) is 18.2 Å². The molecule has 0 unspecified atom stereocenters. The maximum absolute atomic E-state index is 12.9. The van der Waals surface area contributed by atoms with Gasteiger partial charge >= 0.3 is 12.4 Å². The molecule has 0 saturated heterocycles. The number of alkyl halides is 6. The van der Waals surface area contributed by atoms with Crippen LogP contribution >= 0.6 is 15.9 Å². The number of halogens is 7. The van der Waals surface area contributed by atoms with Gasteiger partial charge in [-0.25, -0.2) is 19.0 Å². The molecule has 3 aromatic carbocycles. The fourth-order valence-corrected chi connectivity index (χ4v) is 7.83. The van der Waals surface area contributed by atoms with Gasteiger partial charge in [-0.15, -0.1) is 5.10 Å². The zero-order valence-corrected chi connectivity index (χ0v) is 39.5. The molecule has 69 heavy (non-hydrogen) atoms. The third-order valence-corrected chi connectivity index (χ3v) is 11.8. The maximum Gasteiger partial charge on any atom is 0.390 e. The highest BCUT2D eigenvalue weighted by molar-refractivity contribution is 9.10. The van der Waals surface area contributed by atoms with Gasteiger partial charge in [0.1, 0.15) is 10.4 Å². The van der Waals surface area contributed by atoms with Crippen molar-refractivity contribution < 1.29 is 40.7 Å². The molecule has 2 aliphatic carbocycles. The second-order valence-corrected chi connectivity index (χ2v) is 17.8. The molecule has 0 aliphatic heterocycles. The number of methoxy groups -OCH3 is 1. The van der Waals surface area contributed by atoms with Crippen molar-refractivity contribution >= 4 is 61.9 Å². The van der Waals surface area contributed by atoms with Crippen LogP contribution in [0.2, 0.25) is 0 Å². The van der Waals surface area contributed by atoms with E-state index < -0.39 is 25.2 Å². The van der Waals surface area contributed by atoms with Crippen molar-refractivity contribution in [3.8, 4) is 28.3 Å². The lowest BCUT2D eigenvalue weighted by molar-refractivity contribution is -0.132. The number of aryl methyl sites for hydroxylation is 3. The predicted octanol–water partition coefficient (Wildman–Crippen LogP) is 10.7. The molecule has 21 heteroatoms. The van der Waals surface area contributed by atoms with E-state index >= 15 is 0 Å². The molecule has 14 nitrogen and oxygen atoms in total. The van der Waals surface area contributed by atoms with Crippen LogP contribution in [-0.2, 0) is 0 Å². The zero-order valence-electron chi connectivity index (χ0n) is 37.9. The average molecular weight is 1020 g/mol. The normalized spacial score (nSPS) is 13.7. The molecule has 5 N–H and O–H groups in total. The predicted molar refractivity (Wildman–Crippen MR) is 254 cm³/mol. The fourth-order valence-electron chi connectivity index (χ4n) is 7.44. The largest absolute Gasteiger partial charge is 0.497 e. The third-order valence-electron chi connectivity index (χ3n) is 11.4. The van der Waals surface area contributed by atoms with Crippen LogP contribution < -0.4 is 31.3 Å². The first-order valence-corrected chi connectivity index (χ1v) is 22.9. The SMILES string of the molecule is COc1ccc(C)c(Nc2cc(NCCC(F)(F)F)c3ncc(-c4ccc(C(=O)NC5CC5)c(C)c4)n3n2)c1.Cc1cc(-c2cnc3c(NCCC(F)(F)F)cc(Br)nn23)ccc1C(=O)NC1CC1. The van der Waals surface area contributed by atoms with Crippen LogP contribution in [0, 0.1) is 20.8 Å². The average Bonchev–Trinajstić information content (AvgIpc) is 4.20. The molecule has 2 aliphatic rings. The quantitative estimate of drug-likeness (QED) is 0.0625. The van der Waals surface area contributed by atoms with Gasteiger partial charge < -0.3 is 31.3 Å². The number of aromatic nitrogens is 6. The Labute approximate surface area is 400 Å². The summed E-state index contributed by atoms with van der Waals surface area (Å²) in [6, 6.07) is 20.3. The summed E-state index contributed by atoms with van der Waals surface area (Å²) in [6.45, 7) is 5.08. The Kier molecular flexibility index (Phi) is 14.1. The summed E-state index contributed by atoms with van der Waals surface area (Å²) < 4.78 is 84.9. The second-order valence-electron chi connectivity index (χ2n) is 17.0. The Balaban J connectivity index is 0.000000192. The molecule has 362 valence electrons. The lowest BCUT2D eigenvalue weighted by Crippen LogP contribution is -2.26. The number of amides is 2. The number of fused-ring (bicyclic) bond motifs is 2. The van der Waals surface area contributed by atoms with Gasteiger partial charge in [0.15, 0.2) is 17.1 Å².